The van der Waals surface area contributed by atoms with Gasteiger partial charge in [0.05, 0.1) is 24.8 Å². The summed E-state index contributed by atoms with van der Waals surface area (Å²) in [4.78, 5) is 27.2. The van der Waals surface area contributed by atoms with Crippen LogP contribution in [0.4, 0.5) is 4.79 Å². The Morgan fingerprint density at radius 1 is 1.00 bits per heavy atom. The number of aliphatic hydroxyl groups is 2. The highest BCUT2D eigenvalue weighted by molar-refractivity contribution is 5.71. The highest BCUT2D eigenvalue weighted by Gasteiger charge is 2.62. The molecule has 6 rings (SSSR count). The highest BCUT2D eigenvalue weighted by atomic mass is 16.7. The zero-order chi connectivity index (χ0) is 31.9. The number of rotatable bonds is 8. The van der Waals surface area contributed by atoms with E-state index in [0.29, 0.717) is 36.0 Å². The Kier molecular flexibility index (Phi) is 9.29. The fourth-order valence-electron chi connectivity index (χ4n) is 11.4. The molecule has 0 bridgehead atoms. The Morgan fingerprint density at radius 3 is 2.56 bits per heavy atom. The molecule has 1 amide bonds. The first-order valence-electron chi connectivity index (χ1n) is 17.5. The molecule has 246 valence electrons. The summed E-state index contributed by atoms with van der Waals surface area (Å²) in [5, 5.41) is 21.7. The number of hydrogen-bond donors (Lipinski definition) is 2. The molecule has 11 atom stereocenters. The molecule has 0 saturated heterocycles. The Balaban J connectivity index is 0.991. The zero-order valence-electron chi connectivity index (χ0n) is 27.5. The van der Waals surface area contributed by atoms with Crippen LogP contribution in [0.3, 0.4) is 0 Å². The average Bonchev–Trinajstić information content (AvgIpc) is 3.61. The summed E-state index contributed by atoms with van der Waals surface area (Å²) in [6.45, 7) is 6.89. The van der Waals surface area contributed by atoms with E-state index in [9.17, 15) is 19.8 Å². The minimum absolute atomic E-state index is 0.124. The van der Waals surface area contributed by atoms with Crippen molar-refractivity contribution in [1.29, 1.82) is 0 Å². The first-order chi connectivity index (χ1) is 21.6. The molecule has 0 radical (unpaired) electrons. The van der Waals surface area contributed by atoms with Crippen LogP contribution in [0.2, 0.25) is 0 Å². The molecule has 1 aromatic rings. The standard InChI is InChI=1S/C38H53NO6/c1-5-20-39(33-14-11-25-8-6-7-9-27(25)33)36(43)45-23-44-35(42)15-10-24(2)29-12-13-30-28-22-34(41)32-21-26(40)16-18-38(32,4)31(28)17-19-37(29,30)3/h1,6-9,24,26,28-34,40-41H,10-23H2,2-4H3/t24-,26-,28?,29?,30?,31?,32+,33-,34+,37-,38-/m1/s1. The number of aliphatic hydroxyl groups excluding tert-OH is 2. The van der Waals surface area contributed by atoms with Crippen LogP contribution < -0.4 is 0 Å². The summed E-state index contributed by atoms with van der Waals surface area (Å²) in [6.07, 6.45) is 15.4. The molecule has 5 aliphatic carbocycles. The summed E-state index contributed by atoms with van der Waals surface area (Å²) in [7, 11) is 0. The number of ether oxygens (including phenoxy) is 2. The Bertz CT molecular complexity index is 1290. The van der Waals surface area contributed by atoms with E-state index >= 15 is 0 Å². The zero-order valence-corrected chi connectivity index (χ0v) is 27.5. The molecule has 0 spiro atoms. The molecular formula is C38H53NO6. The smallest absolute Gasteiger partial charge is 0.413 e. The van der Waals surface area contributed by atoms with E-state index in [1.807, 2.05) is 18.2 Å². The maximum Gasteiger partial charge on any atom is 0.413 e. The van der Waals surface area contributed by atoms with Crippen LogP contribution in [-0.2, 0) is 20.7 Å². The summed E-state index contributed by atoms with van der Waals surface area (Å²) < 4.78 is 10.7. The van der Waals surface area contributed by atoms with Crippen LogP contribution >= 0.6 is 0 Å². The average molecular weight is 620 g/mol. The Hall–Kier alpha value is -2.56. The van der Waals surface area contributed by atoms with Gasteiger partial charge in [0.2, 0.25) is 6.79 Å². The molecule has 4 unspecified atom stereocenters. The maximum atomic E-state index is 12.9. The molecule has 7 nitrogen and oxygen atoms in total. The van der Waals surface area contributed by atoms with Crippen molar-refractivity contribution >= 4 is 12.1 Å². The van der Waals surface area contributed by atoms with E-state index in [0.717, 1.165) is 50.5 Å². The Labute approximate surface area is 269 Å². The quantitative estimate of drug-likeness (QED) is 0.192. The molecule has 4 saturated carbocycles. The van der Waals surface area contributed by atoms with E-state index in [1.54, 1.807) is 4.90 Å². The van der Waals surface area contributed by atoms with Gasteiger partial charge in [-0.3, -0.25) is 9.69 Å². The van der Waals surface area contributed by atoms with E-state index in [2.05, 4.69) is 32.8 Å². The van der Waals surface area contributed by atoms with Gasteiger partial charge in [0.1, 0.15) is 0 Å². The fourth-order valence-corrected chi connectivity index (χ4v) is 11.4. The number of amides is 1. The van der Waals surface area contributed by atoms with Crippen molar-refractivity contribution < 1.29 is 29.3 Å². The topological polar surface area (TPSA) is 96.3 Å². The van der Waals surface area contributed by atoms with Gasteiger partial charge in [0.15, 0.2) is 0 Å². The summed E-state index contributed by atoms with van der Waals surface area (Å²) in [6, 6.07) is 7.94. The minimum Gasteiger partial charge on any atom is -0.428 e. The maximum absolute atomic E-state index is 12.9. The van der Waals surface area contributed by atoms with Crippen LogP contribution in [0.1, 0.15) is 109 Å². The largest absolute Gasteiger partial charge is 0.428 e. The number of nitrogens with zero attached hydrogens (tertiary/aromatic N) is 1. The predicted octanol–water partition coefficient (Wildman–Crippen LogP) is 6.65. The lowest BCUT2D eigenvalue weighted by molar-refractivity contribution is -0.172. The van der Waals surface area contributed by atoms with Crippen molar-refractivity contribution in [3.05, 3.63) is 35.4 Å². The van der Waals surface area contributed by atoms with Gasteiger partial charge in [-0.15, -0.1) is 6.42 Å². The van der Waals surface area contributed by atoms with Crippen molar-refractivity contribution in [2.24, 2.45) is 46.3 Å². The van der Waals surface area contributed by atoms with Crippen molar-refractivity contribution in [1.82, 2.24) is 4.90 Å². The number of esters is 1. The molecule has 7 heteroatoms. The van der Waals surface area contributed by atoms with E-state index in [1.165, 1.54) is 31.2 Å². The van der Waals surface area contributed by atoms with E-state index < -0.39 is 12.9 Å². The molecule has 2 N–H and O–H groups in total. The van der Waals surface area contributed by atoms with Gasteiger partial charge >= 0.3 is 12.1 Å². The van der Waals surface area contributed by atoms with Crippen LogP contribution in [-0.4, -0.2) is 52.7 Å². The third kappa shape index (κ3) is 5.91. The first-order valence-corrected chi connectivity index (χ1v) is 17.5. The summed E-state index contributed by atoms with van der Waals surface area (Å²) in [5.41, 5.74) is 2.66. The monoisotopic (exact) mass is 619 g/mol. The van der Waals surface area contributed by atoms with Crippen molar-refractivity contribution in [2.75, 3.05) is 13.3 Å². The summed E-state index contributed by atoms with van der Waals surface area (Å²) >= 11 is 0. The number of carbonyl (C=O) groups is 2. The normalized spacial score (nSPS) is 38.9. The van der Waals surface area contributed by atoms with Crippen LogP contribution in [0.15, 0.2) is 24.3 Å². The lowest BCUT2D eigenvalue weighted by Gasteiger charge is -2.62. The fraction of sp³-hybridized carbons (Fsp3) is 0.737. The highest BCUT2D eigenvalue weighted by Crippen LogP contribution is 2.68. The van der Waals surface area contributed by atoms with Crippen LogP contribution in [0, 0.1) is 58.7 Å². The van der Waals surface area contributed by atoms with Crippen LogP contribution in [0.25, 0.3) is 0 Å². The second kappa shape index (κ2) is 12.9. The molecule has 5 aliphatic rings. The van der Waals surface area contributed by atoms with Gasteiger partial charge in [-0.05, 0) is 128 Å². The third-order valence-electron chi connectivity index (χ3n) is 13.6. The predicted molar refractivity (Wildman–Crippen MR) is 171 cm³/mol. The molecule has 0 aliphatic heterocycles. The lowest BCUT2D eigenvalue weighted by atomic mass is 9.44. The van der Waals surface area contributed by atoms with Gasteiger partial charge in [0, 0.05) is 6.42 Å². The van der Waals surface area contributed by atoms with Crippen molar-refractivity contribution in [2.45, 2.75) is 116 Å². The van der Waals surface area contributed by atoms with Gasteiger partial charge in [-0.1, -0.05) is 51.0 Å². The lowest BCUT2D eigenvalue weighted by Crippen LogP contribution is -2.58. The van der Waals surface area contributed by atoms with Gasteiger partial charge < -0.3 is 19.7 Å². The summed E-state index contributed by atoms with van der Waals surface area (Å²) in [5.74, 6) is 5.12. The molecule has 1 aromatic carbocycles. The number of hydrogen-bond acceptors (Lipinski definition) is 6. The molecular weight excluding hydrogens is 566 g/mol. The molecule has 0 heterocycles. The number of aryl methyl sites for hydroxylation is 1. The van der Waals surface area contributed by atoms with E-state index in [-0.39, 0.29) is 47.5 Å². The Morgan fingerprint density at radius 2 is 1.76 bits per heavy atom. The van der Waals surface area contributed by atoms with Crippen LogP contribution in [0.5, 0.6) is 0 Å². The van der Waals surface area contributed by atoms with Gasteiger partial charge in [-0.25, -0.2) is 4.79 Å². The van der Waals surface area contributed by atoms with Gasteiger partial charge in [0.25, 0.3) is 0 Å². The number of carbonyl (C=O) groups excluding carboxylic acids is 2. The van der Waals surface area contributed by atoms with Crippen molar-refractivity contribution in [3.63, 3.8) is 0 Å². The third-order valence-corrected chi connectivity index (χ3v) is 13.6. The SMILES string of the molecule is C#CCN(C(=O)OCOC(=O)CC[C@@H](C)C1CCC2C3C[C@H](O)[C@@H]4C[C@H](O)CC[C@]4(C)C3CC[C@@]21C)[C@@H]1CCc2ccccc21. The number of fused-ring (bicyclic) bond motifs is 6. The number of terminal acetylenes is 1. The molecule has 0 aromatic heterocycles. The van der Waals surface area contributed by atoms with Crippen molar-refractivity contribution in [3.8, 4) is 12.3 Å². The second-order valence-electron chi connectivity index (χ2n) is 15.6. The van der Waals surface area contributed by atoms with Gasteiger partial charge in [-0.2, -0.15) is 0 Å². The minimum atomic E-state index is -0.561. The number of benzene rings is 1. The molecule has 45 heavy (non-hydrogen) atoms. The molecule has 4 fully saturated rings. The second-order valence-corrected chi connectivity index (χ2v) is 15.6. The van der Waals surface area contributed by atoms with E-state index in [4.69, 9.17) is 15.9 Å². The first kappa shape index (κ1) is 32.4.